The predicted octanol–water partition coefficient (Wildman–Crippen LogP) is 3.85. The third kappa shape index (κ3) is 7.26. The number of carbonyl (C=O) groups excluding carboxylic acids is 1. The van der Waals surface area contributed by atoms with E-state index in [1.54, 1.807) is 0 Å². The number of hydrogen-bond acceptors (Lipinski definition) is 5. The minimum absolute atomic E-state index is 0.0531. The molecule has 2 N–H and O–H groups in total. The number of carbonyl (C=O) groups is 1. The maximum Gasteiger partial charge on any atom is 0.262 e. The number of benzene rings is 2. The summed E-state index contributed by atoms with van der Waals surface area (Å²) in [5.41, 5.74) is 3.62. The third-order valence-corrected chi connectivity index (χ3v) is 5.44. The van der Waals surface area contributed by atoms with Gasteiger partial charge in [-0.1, -0.05) is 18.6 Å². The molecule has 0 spiro atoms. The number of hydrogen-bond donors (Lipinski definition) is 2. The van der Waals surface area contributed by atoms with Gasteiger partial charge in [-0.15, -0.1) is 0 Å². The molecule has 6 heteroatoms. The Kier molecular flexibility index (Phi) is 8.32. The normalized spacial score (nSPS) is 15.4. The maximum atomic E-state index is 12.3. The van der Waals surface area contributed by atoms with Crippen LogP contribution in [0.2, 0.25) is 0 Å². The number of aryl methyl sites for hydroxylation is 3. The number of likely N-dealkylation sites (tertiary alicyclic amines) is 1. The second kappa shape index (κ2) is 11.2. The summed E-state index contributed by atoms with van der Waals surface area (Å²) in [7, 11) is 0. The number of amides is 1. The van der Waals surface area contributed by atoms with E-state index in [4.69, 9.17) is 9.47 Å². The van der Waals surface area contributed by atoms with E-state index >= 15 is 0 Å². The summed E-state index contributed by atoms with van der Waals surface area (Å²) in [5, 5.41) is 13.2. The van der Waals surface area contributed by atoms with Crippen LogP contribution >= 0.6 is 0 Å². The zero-order valence-corrected chi connectivity index (χ0v) is 18.8. The van der Waals surface area contributed by atoms with Crippen LogP contribution in [-0.2, 0) is 4.79 Å². The zero-order chi connectivity index (χ0) is 22.2. The van der Waals surface area contributed by atoms with Crippen LogP contribution in [0.5, 0.6) is 11.5 Å². The van der Waals surface area contributed by atoms with E-state index in [0.717, 1.165) is 35.5 Å². The van der Waals surface area contributed by atoms with Crippen LogP contribution in [0.15, 0.2) is 36.4 Å². The van der Waals surface area contributed by atoms with E-state index in [9.17, 15) is 9.90 Å². The van der Waals surface area contributed by atoms with E-state index in [-0.39, 0.29) is 19.1 Å². The lowest BCUT2D eigenvalue weighted by Crippen LogP contribution is -2.38. The van der Waals surface area contributed by atoms with E-state index in [1.165, 1.54) is 19.3 Å². The summed E-state index contributed by atoms with van der Waals surface area (Å²) < 4.78 is 11.5. The molecule has 1 aliphatic heterocycles. The van der Waals surface area contributed by atoms with Crippen LogP contribution in [0.1, 0.15) is 36.0 Å². The van der Waals surface area contributed by atoms with Crippen LogP contribution < -0.4 is 14.8 Å². The van der Waals surface area contributed by atoms with Gasteiger partial charge in [-0.2, -0.15) is 0 Å². The summed E-state index contributed by atoms with van der Waals surface area (Å²) >= 11 is 0. The van der Waals surface area contributed by atoms with Gasteiger partial charge < -0.3 is 24.8 Å². The molecule has 1 fully saturated rings. The van der Waals surface area contributed by atoms with E-state index in [2.05, 4.69) is 10.2 Å². The van der Waals surface area contributed by atoms with Crippen molar-refractivity contribution in [2.24, 2.45) is 0 Å². The van der Waals surface area contributed by atoms with E-state index in [1.807, 2.05) is 57.2 Å². The van der Waals surface area contributed by atoms with Crippen LogP contribution in [-0.4, -0.2) is 54.9 Å². The van der Waals surface area contributed by atoms with Crippen LogP contribution in [0.25, 0.3) is 0 Å². The van der Waals surface area contributed by atoms with Gasteiger partial charge in [-0.25, -0.2) is 0 Å². The molecule has 0 radical (unpaired) electrons. The van der Waals surface area contributed by atoms with Crippen molar-refractivity contribution in [2.45, 2.75) is 46.1 Å². The molecule has 1 unspecified atom stereocenters. The van der Waals surface area contributed by atoms with Gasteiger partial charge in [-0.05, 0) is 87.7 Å². The maximum absolute atomic E-state index is 12.3. The Labute approximate surface area is 185 Å². The van der Waals surface area contributed by atoms with E-state index < -0.39 is 6.10 Å². The Hall–Kier alpha value is -2.57. The summed E-state index contributed by atoms with van der Waals surface area (Å²) in [4.78, 5) is 14.6. The standard InChI is InChI=1S/C25H34N2O4/c1-18-8-7-9-23(12-18)30-17-24(29)26-21-13-19(2)25(20(3)14-21)31-16-22(28)15-27-10-5-4-6-11-27/h7-9,12-14,22,28H,4-6,10-11,15-17H2,1-3H3,(H,26,29). The molecule has 6 nitrogen and oxygen atoms in total. The number of rotatable bonds is 9. The van der Waals surface area contributed by atoms with Crippen molar-refractivity contribution in [3.8, 4) is 11.5 Å². The van der Waals surface area contributed by atoms with Crippen LogP contribution in [0.4, 0.5) is 5.69 Å². The number of anilines is 1. The topological polar surface area (TPSA) is 71.0 Å². The average molecular weight is 427 g/mol. The zero-order valence-electron chi connectivity index (χ0n) is 18.8. The Morgan fingerprint density at radius 1 is 1.06 bits per heavy atom. The Bertz CT molecular complexity index is 855. The molecule has 1 heterocycles. The lowest BCUT2D eigenvalue weighted by Gasteiger charge is -2.28. The molecule has 2 aromatic rings. The van der Waals surface area contributed by atoms with Gasteiger partial charge in [0.2, 0.25) is 0 Å². The van der Waals surface area contributed by atoms with Crippen LogP contribution in [0, 0.1) is 20.8 Å². The minimum atomic E-state index is -0.518. The molecule has 0 bridgehead atoms. The van der Waals surface area contributed by atoms with Crippen molar-refractivity contribution in [3.63, 3.8) is 0 Å². The van der Waals surface area contributed by atoms with Gasteiger partial charge in [0.25, 0.3) is 5.91 Å². The first-order chi connectivity index (χ1) is 14.9. The lowest BCUT2D eigenvalue weighted by atomic mass is 10.1. The molecule has 0 saturated carbocycles. The molecular formula is C25H34N2O4. The molecule has 2 aromatic carbocycles. The monoisotopic (exact) mass is 426 g/mol. The number of ether oxygens (including phenoxy) is 2. The number of aliphatic hydroxyl groups excluding tert-OH is 1. The number of aliphatic hydroxyl groups is 1. The SMILES string of the molecule is Cc1cccc(OCC(=O)Nc2cc(C)c(OCC(O)CN3CCCCC3)c(C)c2)c1. The van der Waals surface area contributed by atoms with Crippen molar-refractivity contribution < 1.29 is 19.4 Å². The second-order valence-corrected chi connectivity index (χ2v) is 8.42. The molecule has 1 aliphatic rings. The summed E-state index contributed by atoms with van der Waals surface area (Å²) in [6, 6.07) is 11.4. The highest BCUT2D eigenvalue weighted by Gasteiger charge is 2.16. The molecule has 1 atom stereocenters. The Morgan fingerprint density at radius 3 is 2.45 bits per heavy atom. The number of nitrogens with zero attached hydrogens (tertiary/aromatic N) is 1. The van der Waals surface area contributed by atoms with Gasteiger partial charge >= 0.3 is 0 Å². The predicted molar refractivity (Wildman–Crippen MR) is 123 cm³/mol. The molecule has 3 rings (SSSR count). The second-order valence-electron chi connectivity index (χ2n) is 8.42. The van der Waals surface area contributed by atoms with Gasteiger partial charge in [0.15, 0.2) is 6.61 Å². The molecule has 0 aliphatic carbocycles. The molecule has 1 amide bonds. The smallest absolute Gasteiger partial charge is 0.262 e. The number of piperidine rings is 1. The third-order valence-electron chi connectivity index (χ3n) is 5.44. The number of β-amino-alcohol motifs (C(OH)–C–C–N with tert-alkyl or cyclic N) is 1. The first-order valence-corrected chi connectivity index (χ1v) is 11.0. The summed E-state index contributed by atoms with van der Waals surface area (Å²) in [6.07, 6.45) is 3.17. The lowest BCUT2D eigenvalue weighted by molar-refractivity contribution is -0.118. The Balaban J connectivity index is 1.50. The van der Waals surface area contributed by atoms with E-state index in [0.29, 0.717) is 18.0 Å². The molecular weight excluding hydrogens is 392 g/mol. The van der Waals surface area contributed by atoms with Gasteiger partial charge in [0, 0.05) is 12.2 Å². The molecule has 0 aromatic heterocycles. The van der Waals surface area contributed by atoms with Crippen molar-refractivity contribution in [1.82, 2.24) is 4.90 Å². The highest BCUT2D eigenvalue weighted by atomic mass is 16.5. The fraction of sp³-hybridized carbons (Fsp3) is 0.480. The molecule has 31 heavy (non-hydrogen) atoms. The highest BCUT2D eigenvalue weighted by molar-refractivity contribution is 5.92. The van der Waals surface area contributed by atoms with Crippen LogP contribution in [0.3, 0.4) is 0 Å². The fourth-order valence-corrected chi connectivity index (χ4v) is 3.97. The van der Waals surface area contributed by atoms with Gasteiger partial charge in [0.05, 0.1) is 0 Å². The summed E-state index contributed by atoms with van der Waals surface area (Å²) in [5.74, 6) is 1.21. The minimum Gasteiger partial charge on any atom is -0.490 e. The molecule has 168 valence electrons. The van der Waals surface area contributed by atoms with Gasteiger partial charge in [0.1, 0.15) is 24.2 Å². The first kappa shape index (κ1) is 23.1. The average Bonchev–Trinajstić information content (AvgIpc) is 2.72. The molecule has 1 saturated heterocycles. The number of nitrogens with one attached hydrogen (secondary N) is 1. The van der Waals surface area contributed by atoms with Crippen molar-refractivity contribution >= 4 is 11.6 Å². The van der Waals surface area contributed by atoms with Crippen molar-refractivity contribution in [2.75, 3.05) is 38.2 Å². The van der Waals surface area contributed by atoms with Crippen molar-refractivity contribution in [3.05, 3.63) is 53.1 Å². The van der Waals surface area contributed by atoms with Crippen molar-refractivity contribution in [1.29, 1.82) is 0 Å². The largest absolute Gasteiger partial charge is 0.490 e. The van der Waals surface area contributed by atoms with Gasteiger partial charge in [-0.3, -0.25) is 4.79 Å². The quantitative estimate of drug-likeness (QED) is 0.637. The Morgan fingerprint density at radius 2 is 1.77 bits per heavy atom. The summed E-state index contributed by atoms with van der Waals surface area (Å²) in [6.45, 7) is 8.82. The highest BCUT2D eigenvalue weighted by Crippen LogP contribution is 2.27. The fourth-order valence-electron chi connectivity index (χ4n) is 3.97. The first-order valence-electron chi connectivity index (χ1n) is 11.0.